The molecule has 2 aromatic carbocycles. The first-order chi connectivity index (χ1) is 12.6. The second-order valence-corrected chi connectivity index (χ2v) is 7.08. The van der Waals surface area contributed by atoms with Gasteiger partial charge < -0.3 is 14.8 Å². The van der Waals surface area contributed by atoms with Crippen LogP contribution in [-0.4, -0.2) is 20.1 Å². The molecule has 1 fully saturated rings. The van der Waals surface area contributed by atoms with Crippen LogP contribution in [0.2, 0.25) is 5.02 Å². The van der Waals surface area contributed by atoms with Gasteiger partial charge in [0.25, 0.3) is 0 Å². The number of ether oxygens (including phenoxy) is 2. The molecule has 0 spiro atoms. The van der Waals surface area contributed by atoms with E-state index in [2.05, 4.69) is 5.32 Å². The van der Waals surface area contributed by atoms with Crippen molar-refractivity contribution in [2.75, 3.05) is 14.2 Å². The molecule has 0 bridgehead atoms. The molecule has 0 atom stereocenters. The Morgan fingerprint density at radius 2 is 1.85 bits per heavy atom. The van der Waals surface area contributed by atoms with Crippen molar-refractivity contribution in [2.45, 2.75) is 37.6 Å². The summed E-state index contributed by atoms with van der Waals surface area (Å²) in [6.07, 6.45) is 4.04. The lowest BCUT2D eigenvalue weighted by molar-refractivity contribution is -0.124. The van der Waals surface area contributed by atoms with E-state index in [1.165, 1.54) is 0 Å². The minimum atomic E-state index is -0.250. The number of para-hydroxylation sites is 1. The molecule has 0 aliphatic heterocycles. The van der Waals surface area contributed by atoms with Gasteiger partial charge in [0.15, 0.2) is 11.5 Å². The van der Waals surface area contributed by atoms with Crippen LogP contribution in [0.15, 0.2) is 42.5 Å². The molecule has 1 aliphatic carbocycles. The summed E-state index contributed by atoms with van der Waals surface area (Å²) in [6, 6.07) is 13.5. The first-order valence-corrected chi connectivity index (χ1v) is 9.23. The molecule has 1 amide bonds. The second kappa shape index (κ2) is 8.00. The van der Waals surface area contributed by atoms with Gasteiger partial charge in [0.1, 0.15) is 0 Å². The number of hydrogen-bond donors (Lipinski definition) is 1. The highest BCUT2D eigenvalue weighted by molar-refractivity contribution is 6.30. The van der Waals surface area contributed by atoms with Gasteiger partial charge in [0.2, 0.25) is 5.91 Å². The Morgan fingerprint density at radius 1 is 1.12 bits per heavy atom. The van der Waals surface area contributed by atoms with Crippen molar-refractivity contribution < 1.29 is 14.3 Å². The predicted molar refractivity (Wildman–Crippen MR) is 103 cm³/mol. The smallest absolute Gasteiger partial charge is 0.221 e. The fourth-order valence-electron chi connectivity index (χ4n) is 3.51. The highest BCUT2D eigenvalue weighted by atomic mass is 35.5. The Kier molecular flexibility index (Phi) is 5.72. The van der Waals surface area contributed by atoms with Crippen molar-refractivity contribution in [1.29, 1.82) is 0 Å². The number of benzene rings is 2. The van der Waals surface area contributed by atoms with Crippen LogP contribution in [0, 0.1) is 0 Å². The van der Waals surface area contributed by atoms with Gasteiger partial charge in [-0.3, -0.25) is 4.79 Å². The van der Waals surface area contributed by atoms with Crippen LogP contribution in [0.5, 0.6) is 11.5 Å². The van der Waals surface area contributed by atoms with Crippen molar-refractivity contribution >= 4 is 17.5 Å². The Morgan fingerprint density at radius 3 is 2.42 bits per heavy atom. The van der Waals surface area contributed by atoms with Gasteiger partial charge in [0, 0.05) is 11.4 Å². The van der Waals surface area contributed by atoms with Crippen LogP contribution >= 0.6 is 11.6 Å². The highest BCUT2D eigenvalue weighted by Crippen LogP contribution is 2.41. The number of halogens is 1. The van der Waals surface area contributed by atoms with Crippen molar-refractivity contribution in [3.63, 3.8) is 0 Å². The average molecular weight is 374 g/mol. The summed E-state index contributed by atoms with van der Waals surface area (Å²) in [4.78, 5) is 12.6. The average Bonchev–Trinajstić information content (AvgIpc) is 2.63. The zero-order valence-corrected chi connectivity index (χ0v) is 15.9. The third-order valence-electron chi connectivity index (χ3n) is 5.09. The third kappa shape index (κ3) is 3.80. The molecule has 26 heavy (non-hydrogen) atoms. The molecule has 1 N–H and O–H groups in total. The molecule has 0 unspecified atom stereocenters. The normalized spacial score (nSPS) is 15.0. The predicted octanol–water partition coefficient (Wildman–Crippen LogP) is 4.49. The summed E-state index contributed by atoms with van der Waals surface area (Å²) in [7, 11) is 3.23. The number of amides is 1. The first-order valence-electron chi connectivity index (χ1n) is 8.85. The van der Waals surface area contributed by atoms with E-state index < -0.39 is 0 Å². The lowest BCUT2D eigenvalue weighted by Gasteiger charge is -2.43. The fraction of sp³-hybridized carbons (Fsp3) is 0.381. The quantitative estimate of drug-likeness (QED) is 0.778. The maximum Gasteiger partial charge on any atom is 0.221 e. The topological polar surface area (TPSA) is 47.6 Å². The van der Waals surface area contributed by atoms with E-state index in [0.29, 0.717) is 29.4 Å². The molecule has 0 radical (unpaired) electrons. The molecule has 4 nitrogen and oxygen atoms in total. The van der Waals surface area contributed by atoms with Gasteiger partial charge in [-0.1, -0.05) is 35.9 Å². The summed E-state index contributed by atoms with van der Waals surface area (Å²) < 4.78 is 10.8. The number of hydrogen-bond acceptors (Lipinski definition) is 3. The summed E-state index contributed by atoms with van der Waals surface area (Å²) in [5.74, 6) is 1.42. The van der Waals surface area contributed by atoms with Gasteiger partial charge in [-0.2, -0.15) is 0 Å². The summed E-state index contributed by atoms with van der Waals surface area (Å²) in [6.45, 7) is 0. The number of carbonyl (C=O) groups excluding carboxylic acids is 1. The van der Waals surface area contributed by atoms with Crippen molar-refractivity contribution in [1.82, 2.24) is 5.32 Å². The minimum Gasteiger partial charge on any atom is -0.493 e. The number of methoxy groups -OCH3 is 2. The van der Waals surface area contributed by atoms with Gasteiger partial charge >= 0.3 is 0 Å². The number of carbonyl (C=O) groups is 1. The highest BCUT2D eigenvalue weighted by Gasteiger charge is 2.39. The van der Waals surface area contributed by atoms with Crippen LogP contribution in [0.3, 0.4) is 0 Å². The molecule has 1 aliphatic rings. The van der Waals surface area contributed by atoms with Gasteiger partial charge in [-0.15, -0.1) is 0 Å². The third-order valence-corrected chi connectivity index (χ3v) is 5.34. The van der Waals surface area contributed by atoms with Crippen molar-refractivity contribution in [3.8, 4) is 11.5 Å². The maximum absolute atomic E-state index is 12.6. The number of aryl methyl sites for hydroxylation is 1. The Balaban J connectivity index is 1.66. The number of rotatable bonds is 7. The summed E-state index contributed by atoms with van der Waals surface area (Å²) in [5, 5.41) is 3.96. The Bertz CT molecular complexity index is 769. The first kappa shape index (κ1) is 18.6. The summed E-state index contributed by atoms with van der Waals surface area (Å²) in [5.41, 5.74) is 1.84. The molecule has 138 valence electrons. The van der Waals surface area contributed by atoms with E-state index in [0.717, 1.165) is 30.4 Å². The SMILES string of the molecule is COc1cccc(CCC(=O)NC2(c3ccc(Cl)cc3)CCC2)c1OC. The van der Waals surface area contributed by atoms with Crippen molar-refractivity contribution in [3.05, 3.63) is 58.6 Å². The van der Waals surface area contributed by atoms with E-state index in [4.69, 9.17) is 21.1 Å². The van der Waals surface area contributed by atoms with Crippen LogP contribution < -0.4 is 14.8 Å². The van der Waals surface area contributed by atoms with E-state index in [-0.39, 0.29) is 11.4 Å². The van der Waals surface area contributed by atoms with E-state index in [1.807, 2.05) is 42.5 Å². The monoisotopic (exact) mass is 373 g/mol. The van der Waals surface area contributed by atoms with Crippen molar-refractivity contribution in [2.24, 2.45) is 0 Å². The second-order valence-electron chi connectivity index (χ2n) is 6.64. The van der Waals surface area contributed by atoms with Gasteiger partial charge in [-0.25, -0.2) is 0 Å². The number of nitrogens with one attached hydrogen (secondary N) is 1. The maximum atomic E-state index is 12.6. The van der Waals surface area contributed by atoms with E-state index >= 15 is 0 Å². The molecular formula is C21H24ClNO3. The van der Waals surface area contributed by atoms with Gasteiger partial charge in [0.05, 0.1) is 19.8 Å². The fourth-order valence-corrected chi connectivity index (χ4v) is 3.64. The minimum absolute atomic E-state index is 0.0459. The molecule has 3 rings (SSSR count). The molecule has 0 saturated heterocycles. The molecular weight excluding hydrogens is 350 g/mol. The summed E-state index contributed by atoms with van der Waals surface area (Å²) >= 11 is 5.99. The van der Waals surface area contributed by atoms with Crippen LogP contribution in [0.25, 0.3) is 0 Å². The lowest BCUT2D eigenvalue weighted by atomic mass is 9.71. The van der Waals surface area contributed by atoms with E-state index in [9.17, 15) is 4.79 Å². The molecule has 2 aromatic rings. The zero-order valence-electron chi connectivity index (χ0n) is 15.2. The molecule has 1 saturated carbocycles. The zero-order chi connectivity index (χ0) is 18.6. The van der Waals surface area contributed by atoms with Crippen LogP contribution in [-0.2, 0) is 16.8 Å². The lowest BCUT2D eigenvalue weighted by Crippen LogP contribution is -2.50. The van der Waals surface area contributed by atoms with E-state index in [1.54, 1.807) is 14.2 Å². The van der Waals surface area contributed by atoms with Crippen LogP contribution in [0.1, 0.15) is 36.8 Å². The largest absolute Gasteiger partial charge is 0.493 e. The standard InChI is InChI=1S/C21H24ClNO3/c1-25-18-6-3-5-15(20(18)26-2)7-12-19(24)23-21(13-4-14-21)16-8-10-17(22)11-9-16/h3,5-6,8-11H,4,7,12-14H2,1-2H3,(H,23,24). The van der Waals surface area contributed by atoms with Crippen LogP contribution in [0.4, 0.5) is 0 Å². The Labute approximate surface area is 159 Å². The molecule has 0 aromatic heterocycles. The molecule has 5 heteroatoms. The van der Waals surface area contributed by atoms with Gasteiger partial charge in [-0.05, 0) is 55.0 Å². The molecule has 0 heterocycles. The Hall–Kier alpha value is -2.20.